The number of hydrogen-bond donors (Lipinski definition) is 1. The molecule has 2 fully saturated rings. The minimum atomic E-state index is -1.06. The van der Waals surface area contributed by atoms with Crippen LogP contribution in [0.3, 0.4) is 0 Å². The Bertz CT molecular complexity index is 401. The molecular formula is C13H20N2O3S. The zero-order valence-corrected chi connectivity index (χ0v) is 12.2. The monoisotopic (exact) mass is 284 g/mol. The zero-order valence-electron chi connectivity index (χ0n) is 11.4. The van der Waals surface area contributed by atoms with Gasteiger partial charge in [0.25, 0.3) is 0 Å². The fraction of sp³-hybridized carbons (Fsp3) is 0.769. The number of rotatable bonds is 4. The van der Waals surface area contributed by atoms with Crippen LogP contribution in [0.15, 0.2) is 0 Å². The highest BCUT2D eigenvalue weighted by Gasteiger charge is 2.51. The molecule has 5 nitrogen and oxygen atoms in total. The van der Waals surface area contributed by atoms with E-state index in [-0.39, 0.29) is 5.91 Å². The van der Waals surface area contributed by atoms with Gasteiger partial charge in [0.05, 0.1) is 0 Å². The molecule has 2 rings (SSSR count). The first-order chi connectivity index (χ1) is 9.05. The summed E-state index contributed by atoms with van der Waals surface area (Å²) in [4.78, 5) is 37.7. The van der Waals surface area contributed by atoms with Crippen molar-refractivity contribution in [3.63, 3.8) is 0 Å². The SMILES string of the molecule is CCC1(CC)C(=O)NC(=O)N(CC2CCCS2)C1=O. The van der Waals surface area contributed by atoms with E-state index in [0.717, 1.165) is 18.6 Å². The number of thioether (sulfide) groups is 1. The first-order valence-corrected chi connectivity index (χ1v) is 7.89. The van der Waals surface area contributed by atoms with Gasteiger partial charge in [-0.1, -0.05) is 13.8 Å². The van der Waals surface area contributed by atoms with Crippen molar-refractivity contribution in [2.24, 2.45) is 5.41 Å². The topological polar surface area (TPSA) is 66.5 Å². The van der Waals surface area contributed by atoms with Crippen LogP contribution < -0.4 is 5.32 Å². The summed E-state index contributed by atoms with van der Waals surface area (Å²) in [6.45, 7) is 4.06. The van der Waals surface area contributed by atoms with Gasteiger partial charge in [-0.3, -0.25) is 19.8 Å². The number of carbonyl (C=O) groups excluding carboxylic acids is 3. The van der Waals surface area contributed by atoms with E-state index in [9.17, 15) is 14.4 Å². The van der Waals surface area contributed by atoms with Gasteiger partial charge in [-0.15, -0.1) is 0 Å². The Hall–Kier alpha value is -1.04. The average Bonchev–Trinajstić information content (AvgIpc) is 2.89. The Morgan fingerprint density at radius 1 is 1.32 bits per heavy atom. The van der Waals surface area contributed by atoms with Crippen LogP contribution in [0.4, 0.5) is 4.79 Å². The summed E-state index contributed by atoms with van der Waals surface area (Å²) >= 11 is 1.80. The van der Waals surface area contributed by atoms with E-state index in [0.29, 0.717) is 24.6 Å². The zero-order chi connectivity index (χ0) is 14.0. The van der Waals surface area contributed by atoms with Crippen LogP contribution in [0.1, 0.15) is 39.5 Å². The normalized spacial score (nSPS) is 26.7. The lowest BCUT2D eigenvalue weighted by Gasteiger charge is -2.38. The molecule has 0 aromatic carbocycles. The van der Waals surface area contributed by atoms with Crippen molar-refractivity contribution in [2.45, 2.75) is 44.8 Å². The summed E-state index contributed by atoms with van der Waals surface area (Å²) in [6.07, 6.45) is 3.01. The number of barbiturate groups is 1. The highest BCUT2D eigenvalue weighted by molar-refractivity contribution is 8.00. The molecular weight excluding hydrogens is 264 g/mol. The van der Waals surface area contributed by atoms with Gasteiger partial charge in [-0.2, -0.15) is 11.8 Å². The van der Waals surface area contributed by atoms with Gasteiger partial charge >= 0.3 is 6.03 Å². The van der Waals surface area contributed by atoms with E-state index in [1.54, 1.807) is 11.8 Å². The standard InChI is InChI=1S/C13H20N2O3S/c1-3-13(4-2)10(16)14-12(18)15(11(13)17)8-9-6-5-7-19-9/h9H,3-8H2,1-2H3,(H,14,16,18). The van der Waals surface area contributed by atoms with Crippen molar-refractivity contribution in [3.05, 3.63) is 0 Å². The van der Waals surface area contributed by atoms with Crippen molar-refractivity contribution in [1.29, 1.82) is 0 Å². The van der Waals surface area contributed by atoms with E-state index in [1.807, 2.05) is 13.8 Å². The summed E-state index contributed by atoms with van der Waals surface area (Å²) in [6, 6.07) is -0.556. The van der Waals surface area contributed by atoms with Gasteiger partial charge in [0.15, 0.2) is 0 Å². The predicted octanol–water partition coefficient (Wildman–Crippen LogP) is 1.77. The van der Waals surface area contributed by atoms with Crippen molar-refractivity contribution < 1.29 is 14.4 Å². The first kappa shape index (κ1) is 14.4. The Morgan fingerprint density at radius 2 is 2.00 bits per heavy atom. The summed E-state index contributed by atoms with van der Waals surface area (Å²) in [5, 5.41) is 2.66. The molecule has 0 aliphatic carbocycles. The highest BCUT2D eigenvalue weighted by atomic mass is 32.2. The van der Waals surface area contributed by atoms with E-state index in [4.69, 9.17) is 0 Å². The molecule has 0 spiro atoms. The van der Waals surface area contributed by atoms with Gasteiger partial charge < -0.3 is 0 Å². The van der Waals surface area contributed by atoms with Crippen LogP contribution in [0, 0.1) is 5.41 Å². The number of nitrogens with zero attached hydrogens (tertiary/aromatic N) is 1. The number of imide groups is 2. The van der Waals surface area contributed by atoms with Crippen LogP contribution in [0.5, 0.6) is 0 Å². The van der Waals surface area contributed by atoms with Gasteiger partial charge in [0, 0.05) is 11.8 Å². The molecule has 19 heavy (non-hydrogen) atoms. The Morgan fingerprint density at radius 3 is 2.53 bits per heavy atom. The molecule has 106 valence electrons. The highest BCUT2D eigenvalue weighted by Crippen LogP contribution is 2.34. The lowest BCUT2D eigenvalue weighted by atomic mass is 9.78. The maximum absolute atomic E-state index is 12.6. The molecule has 1 N–H and O–H groups in total. The minimum Gasteiger partial charge on any atom is -0.277 e. The number of nitrogens with one attached hydrogen (secondary N) is 1. The lowest BCUT2D eigenvalue weighted by Crippen LogP contribution is -2.64. The number of carbonyl (C=O) groups is 3. The fourth-order valence-electron chi connectivity index (χ4n) is 2.76. The molecule has 2 aliphatic rings. The first-order valence-electron chi connectivity index (χ1n) is 6.84. The molecule has 4 amide bonds. The largest absolute Gasteiger partial charge is 0.330 e. The fourth-order valence-corrected chi connectivity index (χ4v) is 4.02. The van der Waals surface area contributed by atoms with E-state index in [1.165, 1.54) is 4.90 Å². The second kappa shape index (κ2) is 5.53. The van der Waals surface area contributed by atoms with Crippen molar-refractivity contribution >= 4 is 29.6 Å². The minimum absolute atomic E-state index is 0.314. The maximum Gasteiger partial charge on any atom is 0.330 e. The molecule has 0 radical (unpaired) electrons. The van der Waals surface area contributed by atoms with Crippen LogP contribution in [0.25, 0.3) is 0 Å². The van der Waals surface area contributed by atoms with Crippen molar-refractivity contribution in [2.75, 3.05) is 12.3 Å². The van der Waals surface area contributed by atoms with Gasteiger partial charge in [-0.25, -0.2) is 4.79 Å². The number of hydrogen-bond acceptors (Lipinski definition) is 4. The lowest BCUT2D eigenvalue weighted by molar-refractivity contribution is -0.152. The third-order valence-corrected chi connectivity index (χ3v) is 5.55. The van der Waals surface area contributed by atoms with E-state index < -0.39 is 17.4 Å². The maximum atomic E-state index is 12.6. The molecule has 0 aromatic rings. The van der Waals surface area contributed by atoms with Gasteiger partial charge in [0.1, 0.15) is 5.41 Å². The quantitative estimate of drug-likeness (QED) is 0.799. The molecule has 0 bridgehead atoms. The van der Waals surface area contributed by atoms with E-state index >= 15 is 0 Å². The van der Waals surface area contributed by atoms with Crippen molar-refractivity contribution in [1.82, 2.24) is 10.2 Å². The third kappa shape index (κ3) is 2.38. The van der Waals surface area contributed by atoms with Crippen molar-refractivity contribution in [3.8, 4) is 0 Å². The average molecular weight is 284 g/mol. The molecule has 1 atom stereocenters. The van der Waals surface area contributed by atoms with Crippen LogP contribution in [0.2, 0.25) is 0 Å². The summed E-state index contributed by atoms with van der Waals surface area (Å²) in [5.41, 5.74) is -1.06. The molecule has 1 unspecified atom stereocenters. The molecule has 2 heterocycles. The third-order valence-electron chi connectivity index (χ3n) is 4.17. The number of urea groups is 1. The summed E-state index contributed by atoms with van der Waals surface area (Å²) in [7, 11) is 0. The smallest absolute Gasteiger partial charge is 0.277 e. The van der Waals surface area contributed by atoms with Crippen LogP contribution in [-0.2, 0) is 9.59 Å². The Balaban J connectivity index is 2.20. The summed E-state index contributed by atoms with van der Waals surface area (Å²) in [5.74, 6) is 0.321. The Labute approximate surface area is 117 Å². The van der Waals surface area contributed by atoms with E-state index in [2.05, 4.69) is 5.32 Å². The molecule has 0 saturated carbocycles. The summed E-state index contributed by atoms with van der Waals surface area (Å²) < 4.78 is 0. The van der Waals surface area contributed by atoms with Gasteiger partial charge in [-0.05, 0) is 31.4 Å². The molecule has 2 aliphatic heterocycles. The predicted molar refractivity (Wildman–Crippen MR) is 73.7 cm³/mol. The molecule has 6 heteroatoms. The second-order valence-electron chi connectivity index (χ2n) is 5.10. The number of amides is 4. The van der Waals surface area contributed by atoms with Crippen LogP contribution in [-0.4, -0.2) is 40.3 Å². The Kier molecular flexibility index (Phi) is 4.18. The molecule has 0 aromatic heterocycles. The molecule has 2 saturated heterocycles. The van der Waals surface area contributed by atoms with Crippen LogP contribution >= 0.6 is 11.8 Å². The van der Waals surface area contributed by atoms with Gasteiger partial charge in [0.2, 0.25) is 11.8 Å². The second-order valence-corrected chi connectivity index (χ2v) is 6.51.